The lowest BCUT2D eigenvalue weighted by Crippen LogP contribution is -2.42. The quantitative estimate of drug-likeness (QED) is 0.264. The molecule has 1 aromatic heterocycles. The summed E-state index contributed by atoms with van der Waals surface area (Å²) in [6.07, 6.45) is 5.52. The number of oxime groups is 1. The first-order valence-corrected chi connectivity index (χ1v) is 12.0. The minimum absolute atomic E-state index is 0.257. The van der Waals surface area contributed by atoms with Crippen LogP contribution in [0.4, 0.5) is 8.78 Å². The van der Waals surface area contributed by atoms with Gasteiger partial charge in [0.1, 0.15) is 17.5 Å². The molecule has 0 radical (unpaired) electrons. The van der Waals surface area contributed by atoms with E-state index in [0.717, 1.165) is 43.6 Å². The van der Waals surface area contributed by atoms with Crippen molar-refractivity contribution < 1.29 is 23.1 Å². The highest BCUT2D eigenvalue weighted by atomic mass is 19.2. The van der Waals surface area contributed by atoms with E-state index in [2.05, 4.69) is 15.0 Å². The lowest BCUT2D eigenvalue weighted by molar-refractivity contribution is -0.0800. The Morgan fingerprint density at radius 2 is 1.92 bits per heavy atom. The normalized spacial score (nSPS) is 16.9. The van der Waals surface area contributed by atoms with Crippen molar-refractivity contribution in [3.05, 3.63) is 94.3 Å². The zero-order valence-electron chi connectivity index (χ0n) is 20.4. The van der Waals surface area contributed by atoms with Gasteiger partial charge in [0.05, 0.1) is 19.3 Å². The molecule has 0 aliphatic carbocycles. The van der Waals surface area contributed by atoms with Crippen LogP contribution in [0.3, 0.4) is 0 Å². The standard InChI is InChI=1S/C28H26F2N4O3/c1-35-26-15-20(27(33-37-13-9-31)19-4-5-24(29)25(30)14-19)2-3-21(26)17-34-11-7-28(8-12-34)23-16-32-10-6-22(23)18-36-28/h2-6,10,14-16H,7-8,11-13,17-18H2,1H3. The van der Waals surface area contributed by atoms with Crippen LogP contribution in [0, 0.1) is 23.0 Å². The summed E-state index contributed by atoms with van der Waals surface area (Å²) in [6.45, 7) is 2.77. The summed E-state index contributed by atoms with van der Waals surface area (Å²) >= 11 is 0. The van der Waals surface area contributed by atoms with Crippen LogP contribution in [0.2, 0.25) is 0 Å². The molecule has 5 rings (SSSR count). The molecule has 0 N–H and O–H groups in total. The summed E-state index contributed by atoms with van der Waals surface area (Å²) in [5, 5.41) is 12.8. The van der Waals surface area contributed by atoms with Crippen LogP contribution in [-0.4, -0.2) is 42.4 Å². The molecule has 2 aliphatic rings. The molecule has 1 fully saturated rings. The Morgan fingerprint density at radius 1 is 1.14 bits per heavy atom. The molecule has 7 nitrogen and oxygen atoms in total. The van der Waals surface area contributed by atoms with Crippen molar-refractivity contribution in [2.24, 2.45) is 5.16 Å². The Morgan fingerprint density at radius 3 is 2.68 bits per heavy atom. The van der Waals surface area contributed by atoms with Crippen LogP contribution in [0.5, 0.6) is 5.75 Å². The van der Waals surface area contributed by atoms with Crippen LogP contribution < -0.4 is 4.74 Å². The number of piperidine rings is 1. The molecule has 0 bridgehead atoms. The number of hydrogen-bond acceptors (Lipinski definition) is 7. The van der Waals surface area contributed by atoms with E-state index in [1.165, 1.54) is 17.2 Å². The Labute approximate surface area is 213 Å². The van der Waals surface area contributed by atoms with Crippen molar-refractivity contribution in [2.45, 2.75) is 31.6 Å². The zero-order valence-corrected chi connectivity index (χ0v) is 20.4. The number of methoxy groups -OCH3 is 1. The molecule has 1 saturated heterocycles. The molecule has 2 aliphatic heterocycles. The van der Waals surface area contributed by atoms with E-state index in [0.29, 0.717) is 30.0 Å². The maximum Gasteiger partial charge on any atom is 0.202 e. The molecule has 0 saturated carbocycles. The Bertz CT molecular complexity index is 1360. The summed E-state index contributed by atoms with van der Waals surface area (Å²) in [6, 6.07) is 12.9. The molecule has 37 heavy (non-hydrogen) atoms. The molecule has 2 aromatic carbocycles. The number of benzene rings is 2. The van der Waals surface area contributed by atoms with E-state index in [-0.39, 0.29) is 17.9 Å². The highest BCUT2D eigenvalue weighted by molar-refractivity contribution is 6.12. The first-order valence-electron chi connectivity index (χ1n) is 12.0. The Balaban J connectivity index is 1.34. The van der Waals surface area contributed by atoms with Gasteiger partial charge in [-0.25, -0.2) is 8.78 Å². The molecule has 0 atom stereocenters. The number of fused-ring (bicyclic) bond motifs is 2. The maximum atomic E-state index is 13.9. The highest BCUT2D eigenvalue weighted by Crippen LogP contribution is 2.44. The largest absolute Gasteiger partial charge is 0.496 e. The van der Waals surface area contributed by atoms with Gasteiger partial charge in [-0.2, -0.15) is 5.26 Å². The molecule has 0 amide bonds. The summed E-state index contributed by atoms with van der Waals surface area (Å²) < 4.78 is 39.4. The Hall–Kier alpha value is -3.87. The SMILES string of the molecule is COc1cc(C(=NOCC#N)c2ccc(F)c(F)c2)ccc1CN1CCC2(CC1)OCc1ccncc12. The number of aromatic nitrogens is 1. The number of pyridine rings is 1. The van der Waals surface area contributed by atoms with Crippen molar-refractivity contribution >= 4 is 5.71 Å². The fourth-order valence-electron chi connectivity index (χ4n) is 5.04. The minimum atomic E-state index is -0.999. The predicted molar refractivity (Wildman–Crippen MR) is 132 cm³/mol. The van der Waals surface area contributed by atoms with Gasteiger partial charge < -0.3 is 14.3 Å². The summed E-state index contributed by atoms with van der Waals surface area (Å²) in [7, 11) is 1.59. The topological polar surface area (TPSA) is 80.0 Å². The van der Waals surface area contributed by atoms with Crippen LogP contribution in [0.15, 0.2) is 60.0 Å². The Kier molecular flexibility index (Phi) is 7.12. The van der Waals surface area contributed by atoms with Gasteiger partial charge in [0.15, 0.2) is 11.6 Å². The van der Waals surface area contributed by atoms with Gasteiger partial charge in [-0.1, -0.05) is 17.3 Å². The average molecular weight is 505 g/mol. The summed E-state index contributed by atoms with van der Waals surface area (Å²) in [5.74, 6) is -1.32. The van der Waals surface area contributed by atoms with Gasteiger partial charge in [0, 0.05) is 54.3 Å². The van der Waals surface area contributed by atoms with Crippen LogP contribution in [0.1, 0.15) is 40.7 Å². The van der Waals surface area contributed by atoms with Crippen molar-refractivity contribution in [3.63, 3.8) is 0 Å². The number of nitrogens with zero attached hydrogens (tertiary/aromatic N) is 4. The van der Waals surface area contributed by atoms with E-state index >= 15 is 0 Å². The molecule has 9 heteroatoms. The average Bonchev–Trinajstić information content (AvgIpc) is 3.28. The van der Waals surface area contributed by atoms with Gasteiger partial charge in [-0.3, -0.25) is 9.88 Å². The molecule has 3 heterocycles. The third-order valence-electron chi connectivity index (χ3n) is 7.00. The van der Waals surface area contributed by atoms with E-state index < -0.39 is 11.6 Å². The zero-order chi connectivity index (χ0) is 25.8. The van der Waals surface area contributed by atoms with Gasteiger partial charge in [-0.05, 0) is 48.7 Å². The van der Waals surface area contributed by atoms with E-state index in [4.69, 9.17) is 19.6 Å². The third kappa shape index (κ3) is 5.03. The van der Waals surface area contributed by atoms with Gasteiger partial charge in [-0.15, -0.1) is 0 Å². The molecule has 1 spiro atoms. The maximum absolute atomic E-state index is 13.9. The molecular weight excluding hydrogens is 478 g/mol. The van der Waals surface area contributed by atoms with Crippen LogP contribution in [0.25, 0.3) is 0 Å². The number of halogens is 2. The number of rotatable bonds is 7. The van der Waals surface area contributed by atoms with E-state index in [1.807, 2.05) is 36.7 Å². The van der Waals surface area contributed by atoms with Crippen molar-refractivity contribution in [3.8, 4) is 11.8 Å². The lowest BCUT2D eigenvalue weighted by Gasteiger charge is -2.39. The van der Waals surface area contributed by atoms with E-state index in [1.54, 1.807) is 13.2 Å². The third-order valence-corrected chi connectivity index (χ3v) is 7.00. The molecular formula is C28H26F2N4O3. The van der Waals surface area contributed by atoms with Crippen molar-refractivity contribution in [2.75, 3.05) is 26.8 Å². The first-order chi connectivity index (χ1) is 18.0. The number of likely N-dealkylation sites (tertiary alicyclic amines) is 1. The molecule has 190 valence electrons. The number of ether oxygens (including phenoxy) is 2. The smallest absolute Gasteiger partial charge is 0.202 e. The lowest BCUT2D eigenvalue weighted by atomic mass is 9.84. The van der Waals surface area contributed by atoms with Crippen molar-refractivity contribution in [1.29, 1.82) is 5.26 Å². The van der Waals surface area contributed by atoms with Gasteiger partial charge in [0.2, 0.25) is 6.61 Å². The highest BCUT2D eigenvalue weighted by Gasteiger charge is 2.42. The minimum Gasteiger partial charge on any atom is -0.496 e. The second kappa shape index (κ2) is 10.6. The predicted octanol–water partition coefficient (Wildman–Crippen LogP) is 4.68. The van der Waals surface area contributed by atoms with Crippen LogP contribution in [-0.2, 0) is 28.3 Å². The fourth-order valence-corrected chi connectivity index (χ4v) is 5.04. The van der Waals surface area contributed by atoms with Gasteiger partial charge >= 0.3 is 0 Å². The van der Waals surface area contributed by atoms with E-state index in [9.17, 15) is 8.78 Å². The summed E-state index contributed by atoms with van der Waals surface area (Å²) in [4.78, 5) is 11.7. The summed E-state index contributed by atoms with van der Waals surface area (Å²) in [5.41, 5.74) is 4.33. The molecule has 0 unspecified atom stereocenters. The molecule has 3 aromatic rings. The van der Waals surface area contributed by atoms with Crippen LogP contribution >= 0.6 is 0 Å². The number of hydrogen-bond donors (Lipinski definition) is 0. The van der Waals surface area contributed by atoms with Crippen molar-refractivity contribution in [1.82, 2.24) is 9.88 Å². The number of nitriles is 1. The second-order valence-corrected chi connectivity index (χ2v) is 9.12. The fraction of sp³-hybridized carbons (Fsp3) is 0.321. The first kappa shape index (κ1) is 24.8. The second-order valence-electron chi connectivity index (χ2n) is 9.12. The van der Waals surface area contributed by atoms with Gasteiger partial charge in [0.25, 0.3) is 0 Å². The monoisotopic (exact) mass is 504 g/mol.